The summed E-state index contributed by atoms with van der Waals surface area (Å²) in [5.41, 5.74) is 0.611. The van der Waals surface area contributed by atoms with E-state index in [1.54, 1.807) is 0 Å². The molecule has 0 nitrogen and oxygen atoms in total. The standard InChI is InChI=1S/C7H14.C5H8/c1-7(2,3)6-4-5-6;1-2-5-3-4-5/h6H,4-5H2,1-3H3;2,5H,1,3-4H2. The maximum Gasteiger partial charge on any atom is -0.0236 e. The zero-order valence-electron chi connectivity index (χ0n) is 8.77. The molecule has 2 rings (SSSR count). The number of rotatable bonds is 1. The Bertz CT molecular complexity index is 142. The molecule has 2 aliphatic carbocycles. The molecule has 0 heterocycles. The van der Waals surface area contributed by atoms with Gasteiger partial charge in [-0.3, -0.25) is 0 Å². The van der Waals surface area contributed by atoms with Gasteiger partial charge in [0.2, 0.25) is 0 Å². The summed E-state index contributed by atoms with van der Waals surface area (Å²) in [6.07, 6.45) is 7.76. The van der Waals surface area contributed by atoms with E-state index in [0.717, 1.165) is 11.8 Å². The van der Waals surface area contributed by atoms with Crippen LogP contribution < -0.4 is 0 Å². The zero-order chi connectivity index (χ0) is 9.19. The fourth-order valence-corrected chi connectivity index (χ4v) is 1.28. The molecule has 0 atom stereocenters. The van der Waals surface area contributed by atoms with Gasteiger partial charge in [0.1, 0.15) is 0 Å². The molecule has 0 unspecified atom stereocenters. The van der Waals surface area contributed by atoms with Gasteiger partial charge in [-0.1, -0.05) is 26.8 Å². The maximum atomic E-state index is 3.62. The van der Waals surface area contributed by atoms with E-state index in [1.807, 2.05) is 6.08 Å². The fraction of sp³-hybridized carbons (Fsp3) is 0.833. The van der Waals surface area contributed by atoms with Crippen molar-refractivity contribution < 1.29 is 0 Å². The Morgan fingerprint density at radius 2 is 1.58 bits per heavy atom. The van der Waals surface area contributed by atoms with Crippen LogP contribution in [0.2, 0.25) is 0 Å². The van der Waals surface area contributed by atoms with Crippen LogP contribution in [0, 0.1) is 17.3 Å². The molecule has 0 radical (unpaired) electrons. The van der Waals surface area contributed by atoms with Crippen LogP contribution in [0.4, 0.5) is 0 Å². The van der Waals surface area contributed by atoms with E-state index < -0.39 is 0 Å². The van der Waals surface area contributed by atoms with E-state index in [-0.39, 0.29) is 0 Å². The van der Waals surface area contributed by atoms with Crippen molar-refractivity contribution in [2.24, 2.45) is 17.3 Å². The average molecular weight is 166 g/mol. The summed E-state index contributed by atoms with van der Waals surface area (Å²) < 4.78 is 0. The van der Waals surface area contributed by atoms with Gasteiger partial charge >= 0.3 is 0 Å². The van der Waals surface area contributed by atoms with E-state index in [2.05, 4.69) is 27.4 Å². The van der Waals surface area contributed by atoms with Gasteiger partial charge in [0, 0.05) is 0 Å². The maximum absolute atomic E-state index is 3.62. The molecule has 0 spiro atoms. The van der Waals surface area contributed by atoms with Crippen LogP contribution in [0.15, 0.2) is 12.7 Å². The summed E-state index contributed by atoms with van der Waals surface area (Å²) in [5, 5.41) is 0. The van der Waals surface area contributed by atoms with Gasteiger partial charge in [-0.2, -0.15) is 0 Å². The van der Waals surface area contributed by atoms with E-state index in [1.165, 1.54) is 25.7 Å². The highest BCUT2D eigenvalue weighted by molar-refractivity contribution is 4.88. The molecule has 0 heteroatoms. The quantitative estimate of drug-likeness (QED) is 0.516. The predicted molar refractivity (Wildman–Crippen MR) is 55.1 cm³/mol. The van der Waals surface area contributed by atoms with Crippen molar-refractivity contribution in [1.29, 1.82) is 0 Å². The normalized spacial score (nSPS) is 22.6. The molecule has 70 valence electrons. The van der Waals surface area contributed by atoms with Gasteiger partial charge in [0.05, 0.1) is 0 Å². The van der Waals surface area contributed by atoms with Crippen LogP contribution in [0.5, 0.6) is 0 Å². The second-order valence-corrected chi connectivity index (χ2v) is 5.21. The first-order valence-electron chi connectivity index (χ1n) is 5.16. The van der Waals surface area contributed by atoms with Crippen LogP contribution >= 0.6 is 0 Å². The molecule has 0 aromatic carbocycles. The molecule has 0 N–H and O–H groups in total. The van der Waals surface area contributed by atoms with Crippen LogP contribution in [-0.2, 0) is 0 Å². The van der Waals surface area contributed by atoms with E-state index in [0.29, 0.717) is 5.41 Å². The third-order valence-corrected chi connectivity index (χ3v) is 2.76. The van der Waals surface area contributed by atoms with Gasteiger partial charge < -0.3 is 0 Å². The van der Waals surface area contributed by atoms with Crippen molar-refractivity contribution in [3.05, 3.63) is 12.7 Å². The SMILES string of the molecule is C=CC1CC1.CC(C)(C)C1CC1. The smallest absolute Gasteiger partial charge is 0.0236 e. The molecule has 0 aliphatic heterocycles. The Morgan fingerprint density at radius 1 is 1.08 bits per heavy atom. The van der Waals surface area contributed by atoms with Crippen LogP contribution in [0.1, 0.15) is 46.5 Å². The predicted octanol–water partition coefficient (Wildman–Crippen LogP) is 4.02. The van der Waals surface area contributed by atoms with Gasteiger partial charge in [-0.05, 0) is 42.9 Å². The Labute approximate surface area is 77.1 Å². The average Bonchev–Trinajstić information content (AvgIpc) is 2.84. The second-order valence-electron chi connectivity index (χ2n) is 5.21. The second kappa shape index (κ2) is 3.64. The fourth-order valence-electron chi connectivity index (χ4n) is 1.28. The molecular weight excluding hydrogens is 144 g/mol. The number of hydrogen-bond donors (Lipinski definition) is 0. The lowest BCUT2D eigenvalue weighted by Gasteiger charge is -2.15. The lowest BCUT2D eigenvalue weighted by Crippen LogP contribution is -2.06. The molecule has 0 aromatic rings. The lowest BCUT2D eigenvalue weighted by molar-refractivity contribution is 0.351. The molecule has 2 aliphatic rings. The van der Waals surface area contributed by atoms with Crippen molar-refractivity contribution in [1.82, 2.24) is 0 Å². The Morgan fingerprint density at radius 3 is 1.58 bits per heavy atom. The first kappa shape index (κ1) is 9.83. The molecule has 2 fully saturated rings. The molecule has 0 bridgehead atoms. The van der Waals surface area contributed by atoms with Crippen molar-refractivity contribution in [2.75, 3.05) is 0 Å². The summed E-state index contributed by atoms with van der Waals surface area (Å²) >= 11 is 0. The Kier molecular flexibility index (Phi) is 2.98. The summed E-state index contributed by atoms with van der Waals surface area (Å²) in [6, 6.07) is 0. The minimum Gasteiger partial charge on any atom is -0.103 e. The molecule has 0 amide bonds. The summed E-state index contributed by atoms with van der Waals surface area (Å²) in [7, 11) is 0. The van der Waals surface area contributed by atoms with Crippen LogP contribution in [0.3, 0.4) is 0 Å². The monoisotopic (exact) mass is 166 g/mol. The first-order valence-corrected chi connectivity index (χ1v) is 5.16. The van der Waals surface area contributed by atoms with E-state index in [4.69, 9.17) is 0 Å². The summed E-state index contributed by atoms with van der Waals surface area (Å²) in [5.74, 6) is 1.95. The van der Waals surface area contributed by atoms with Gasteiger partial charge in [-0.15, -0.1) is 6.58 Å². The molecule has 0 aromatic heterocycles. The van der Waals surface area contributed by atoms with Crippen molar-refractivity contribution in [3.8, 4) is 0 Å². The summed E-state index contributed by atoms with van der Waals surface area (Å²) in [6.45, 7) is 10.6. The highest BCUT2D eigenvalue weighted by Gasteiger charge is 2.33. The summed E-state index contributed by atoms with van der Waals surface area (Å²) in [4.78, 5) is 0. The van der Waals surface area contributed by atoms with E-state index >= 15 is 0 Å². The van der Waals surface area contributed by atoms with Gasteiger partial charge in [0.25, 0.3) is 0 Å². The van der Waals surface area contributed by atoms with Gasteiger partial charge in [0.15, 0.2) is 0 Å². The Balaban J connectivity index is 0.000000127. The largest absolute Gasteiger partial charge is 0.103 e. The molecule has 0 saturated heterocycles. The number of allylic oxidation sites excluding steroid dienone is 1. The highest BCUT2D eigenvalue weighted by Crippen LogP contribution is 2.44. The lowest BCUT2D eigenvalue weighted by atomic mass is 9.91. The Hall–Kier alpha value is -0.260. The van der Waals surface area contributed by atoms with Crippen molar-refractivity contribution in [2.45, 2.75) is 46.5 Å². The minimum absolute atomic E-state index is 0.611. The topological polar surface area (TPSA) is 0 Å². The molecule has 2 saturated carbocycles. The molecule has 12 heavy (non-hydrogen) atoms. The van der Waals surface area contributed by atoms with Gasteiger partial charge in [-0.25, -0.2) is 0 Å². The minimum atomic E-state index is 0.611. The van der Waals surface area contributed by atoms with Crippen molar-refractivity contribution >= 4 is 0 Å². The molecular formula is C12H22. The van der Waals surface area contributed by atoms with Crippen molar-refractivity contribution in [3.63, 3.8) is 0 Å². The van der Waals surface area contributed by atoms with Crippen LogP contribution in [-0.4, -0.2) is 0 Å². The van der Waals surface area contributed by atoms with Crippen LogP contribution in [0.25, 0.3) is 0 Å². The third-order valence-electron chi connectivity index (χ3n) is 2.76. The highest BCUT2D eigenvalue weighted by atomic mass is 14.4. The third kappa shape index (κ3) is 3.94. The first-order chi connectivity index (χ1) is 5.54. The number of hydrogen-bond acceptors (Lipinski definition) is 0. The van der Waals surface area contributed by atoms with E-state index in [9.17, 15) is 0 Å². The zero-order valence-corrected chi connectivity index (χ0v) is 8.77.